The van der Waals surface area contributed by atoms with E-state index in [2.05, 4.69) is 71.0 Å². The molecule has 2 nitrogen and oxygen atoms in total. The Morgan fingerprint density at radius 2 is 1.68 bits per heavy atom. The van der Waals surface area contributed by atoms with Crippen molar-refractivity contribution in [2.24, 2.45) is 4.99 Å². The van der Waals surface area contributed by atoms with Gasteiger partial charge in [0.15, 0.2) is 0 Å². The second kappa shape index (κ2) is 5.88. The van der Waals surface area contributed by atoms with Gasteiger partial charge in [-0.3, -0.25) is 4.99 Å². The molecule has 3 heteroatoms. The van der Waals surface area contributed by atoms with Crippen LogP contribution in [0.4, 0.5) is 0 Å². The molecule has 2 heterocycles. The lowest BCUT2D eigenvalue weighted by Crippen LogP contribution is -2.30. The Hall–Kier alpha value is -1.80. The van der Waals surface area contributed by atoms with Gasteiger partial charge in [0, 0.05) is 23.1 Å². The van der Waals surface area contributed by atoms with Crippen molar-refractivity contribution < 1.29 is 4.74 Å². The average Bonchev–Trinajstić information content (AvgIpc) is 2.82. The summed E-state index contributed by atoms with van der Waals surface area (Å²) in [5.41, 5.74) is 7.41. The van der Waals surface area contributed by atoms with Crippen LogP contribution in [0.1, 0.15) is 55.5 Å². The third-order valence-corrected chi connectivity index (χ3v) is 4.95. The molecule has 25 heavy (non-hydrogen) atoms. The van der Waals surface area contributed by atoms with E-state index in [1.807, 2.05) is 0 Å². The maximum atomic E-state index is 6.27. The molecular weight excluding hydrogens is 330 g/mol. The van der Waals surface area contributed by atoms with E-state index < -0.39 is 0 Å². The maximum Gasteiger partial charge on any atom is 0.127 e. The Balaban J connectivity index is 0.00000182. The highest BCUT2D eigenvalue weighted by Gasteiger charge is 2.38. The van der Waals surface area contributed by atoms with Crippen LogP contribution in [0, 0.1) is 6.92 Å². The molecule has 0 aromatic heterocycles. The van der Waals surface area contributed by atoms with Crippen molar-refractivity contribution in [2.45, 2.75) is 58.6 Å². The zero-order valence-electron chi connectivity index (χ0n) is 15.6. The largest absolute Gasteiger partial charge is 0.487 e. The van der Waals surface area contributed by atoms with Gasteiger partial charge in [-0.05, 0) is 52.2 Å². The first kappa shape index (κ1) is 18.0. The number of nitrogens with zero attached hydrogens (tertiary/aromatic N) is 1. The Bertz CT molecular complexity index is 850. The molecule has 0 aliphatic carbocycles. The number of ether oxygens (including phenoxy) is 1. The zero-order chi connectivity index (χ0) is 17.1. The van der Waals surface area contributed by atoms with Gasteiger partial charge in [0.2, 0.25) is 0 Å². The summed E-state index contributed by atoms with van der Waals surface area (Å²) in [7, 11) is 0. The molecule has 2 aliphatic rings. The normalized spacial score (nSPS) is 19.2. The van der Waals surface area contributed by atoms with Crippen LogP contribution in [0.2, 0.25) is 0 Å². The standard InChI is InChI=1S/C22H25NO.ClH/c1-14-11-16-12-21(2,3)23-19(15-9-7-6-8-10-15)18(16)17-13-22(4,5)24-20(14)17;/h6-11H,12-13H2,1-5H3;1H. The minimum Gasteiger partial charge on any atom is -0.487 e. The SMILES string of the molecule is Cc1cc2c(c3c1OC(C)(C)C3)C(c1ccccc1)=NC(C)(C)C2.Cl. The van der Waals surface area contributed by atoms with E-state index in [1.165, 1.54) is 27.8 Å². The molecule has 0 amide bonds. The van der Waals surface area contributed by atoms with Crippen molar-refractivity contribution in [3.05, 3.63) is 64.2 Å². The molecular formula is C22H26ClNO. The molecule has 2 aromatic rings. The minimum absolute atomic E-state index is 0. The Labute approximate surface area is 156 Å². The molecule has 0 atom stereocenters. The van der Waals surface area contributed by atoms with Crippen molar-refractivity contribution in [1.29, 1.82) is 0 Å². The molecule has 0 saturated carbocycles. The number of hydrogen-bond donors (Lipinski definition) is 0. The van der Waals surface area contributed by atoms with Crippen LogP contribution in [0.15, 0.2) is 41.4 Å². The molecule has 0 unspecified atom stereocenters. The highest BCUT2D eigenvalue weighted by molar-refractivity contribution is 6.16. The molecule has 4 rings (SSSR count). The third-order valence-electron chi connectivity index (χ3n) is 4.95. The van der Waals surface area contributed by atoms with Gasteiger partial charge >= 0.3 is 0 Å². The molecule has 0 saturated heterocycles. The fourth-order valence-electron chi connectivity index (χ4n) is 4.10. The zero-order valence-corrected chi connectivity index (χ0v) is 16.5. The molecule has 0 fully saturated rings. The predicted octanol–water partition coefficient (Wildman–Crippen LogP) is 5.30. The van der Waals surface area contributed by atoms with Gasteiger partial charge in [-0.2, -0.15) is 0 Å². The van der Waals surface area contributed by atoms with E-state index in [9.17, 15) is 0 Å². The van der Waals surface area contributed by atoms with E-state index in [4.69, 9.17) is 9.73 Å². The van der Waals surface area contributed by atoms with E-state index in [0.717, 1.165) is 24.3 Å². The molecule has 0 bridgehead atoms. The number of fused-ring (bicyclic) bond motifs is 3. The van der Waals surface area contributed by atoms with Gasteiger partial charge in [0.05, 0.1) is 11.3 Å². The van der Waals surface area contributed by atoms with Crippen LogP contribution in [0.3, 0.4) is 0 Å². The van der Waals surface area contributed by atoms with Gasteiger partial charge in [-0.1, -0.05) is 36.4 Å². The van der Waals surface area contributed by atoms with Crippen LogP contribution in [0.25, 0.3) is 0 Å². The molecule has 0 radical (unpaired) electrons. The summed E-state index contributed by atoms with van der Waals surface area (Å²) in [5.74, 6) is 1.07. The lowest BCUT2D eigenvalue weighted by molar-refractivity contribution is 0.137. The second-order valence-corrected chi connectivity index (χ2v) is 8.39. The first-order valence-corrected chi connectivity index (χ1v) is 8.76. The van der Waals surface area contributed by atoms with Gasteiger partial charge < -0.3 is 4.74 Å². The Kier molecular flexibility index (Phi) is 4.23. The van der Waals surface area contributed by atoms with Crippen molar-refractivity contribution in [3.63, 3.8) is 0 Å². The molecule has 2 aliphatic heterocycles. The van der Waals surface area contributed by atoms with Crippen LogP contribution in [-0.4, -0.2) is 16.9 Å². The lowest BCUT2D eigenvalue weighted by atomic mass is 9.80. The van der Waals surface area contributed by atoms with Gasteiger partial charge in [0.1, 0.15) is 11.4 Å². The molecule has 0 spiro atoms. The van der Waals surface area contributed by atoms with Crippen molar-refractivity contribution in [1.82, 2.24) is 0 Å². The van der Waals surface area contributed by atoms with Crippen LogP contribution >= 0.6 is 12.4 Å². The summed E-state index contributed by atoms with van der Waals surface area (Å²) in [6.07, 6.45) is 1.92. The number of benzene rings is 2. The van der Waals surface area contributed by atoms with E-state index >= 15 is 0 Å². The predicted molar refractivity (Wildman–Crippen MR) is 107 cm³/mol. The molecule has 0 N–H and O–H groups in total. The summed E-state index contributed by atoms with van der Waals surface area (Å²) >= 11 is 0. The fourth-order valence-corrected chi connectivity index (χ4v) is 4.10. The average molecular weight is 356 g/mol. The number of halogens is 1. The summed E-state index contributed by atoms with van der Waals surface area (Å²) in [6.45, 7) is 11.0. The summed E-state index contributed by atoms with van der Waals surface area (Å²) in [6, 6.07) is 12.9. The number of aliphatic imine (C=N–C) groups is 1. The van der Waals surface area contributed by atoms with E-state index in [0.29, 0.717) is 0 Å². The number of aryl methyl sites for hydroxylation is 1. The molecule has 132 valence electrons. The van der Waals surface area contributed by atoms with Gasteiger partial charge in [-0.15, -0.1) is 12.4 Å². The van der Waals surface area contributed by atoms with Gasteiger partial charge in [0.25, 0.3) is 0 Å². The van der Waals surface area contributed by atoms with E-state index in [-0.39, 0.29) is 23.5 Å². The van der Waals surface area contributed by atoms with Crippen molar-refractivity contribution in [2.75, 3.05) is 0 Å². The monoisotopic (exact) mass is 355 g/mol. The van der Waals surface area contributed by atoms with Crippen molar-refractivity contribution >= 4 is 18.1 Å². The number of hydrogen-bond acceptors (Lipinski definition) is 2. The van der Waals surface area contributed by atoms with Crippen molar-refractivity contribution in [3.8, 4) is 5.75 Å². The Morgan fingerprint density at radius 1 is 1.00 bits per heavy atom. The number of rotatable bonds is 1. The van der Waals surface area contributed by atoms with Gasteiger partial charge in [-0.25, -0.2) is 0 Å². The fraction of sp³-hybridized carbons (Fsp3) is 0.409. The van der Waals surface area contributed by atoms with E-state index in [1.54, 1.807) is 0 Å². The van der Waals surface area contributed by atoms with Crippen LogP contribution in [0.5, 0.6) is 5.75 Å². The van der Waals surface area contributed by atoms with Crippen LogP contribution in [-0.2, 0) is 12.8 Å². The summed E-state index contributed by atoms with van der Waals surface area (Å²) in [4.78, 5) is 5.14. The topological polar surface area (TPSA) is 21.6 Å². The second-order valence-electron chi connectivity index (χ2n) is 8.39. The smallest absolute Gasteiger partial charge is 0.127 e. The Morgan fingerprint density at radius 3 is 2.36 bits per heavy atom. The van der Waals surface area contributed by atoms with Crippen LogP contribution < -0.4 is 4.74 Å². The molecule has 2 aromatic carbocycles. The first-order valence-electron chi connectivity index (χ1n) is 8.76. The highest BCUT2D eigenvalue weighted by Crippen LogP contribution is 2.44. The lowest BCUT2D eigenvalue weighted by Gasteiger charge is -2.31. The maximum absolute atomic E-state index is 6.27. The summed E-state index contributed by atoms with van der Waals surface area (Å²) in [5, 5.41) is 0. The quantitative estimate of drug-likeness (QED) is 0.680. The first-order chi connectivity index (χ1) is 11.3. The summed E-state index contributed by atoms with van der Waals surface area (Å²) < 4.78 is 6.27. The third kappa shape index (κ3) is 3.08. The minimum atomic E-state index is -0.142. The highest BCUT2D eigenvalue weighted by atomic mass is 35.5.